The van der Waals surface area contributed by atoms with E-state index < -0.39 is 10.0 Å². The number of hydrogen-bond donors (Lipinski definition) is 2. The van der Waals surface area contributed by atoms with Crippen LogP contribution in [0.4, 0.5) is 11.5 Å². The van der Waals surface area contributed by atoms with Crippen LogP contribution in [0.1, 0.15) is 23.2 Å². The van der Waals surface area contributed by atoms with Crippen molar-refractivity contribution in [1.82, 2.24) is 9.71 Å². The minimum atomic E-state index is -3.60. The Balaban J connectivity index is 1.64. The Kier molecular flexibility index (Phi) is 5.88. The van der Waals surface area contributed by atoms with Crippen LogP contribution in [-0.2, 0) is 10.0 Å². The molecule has 8 heteroatoms. The van der Waals surface area contributed by atoms with Crippen LogP contribution in [-0.4, -0.2) is 38.9 Å². The highest BCUT2D eigenvalue weighted by atomic mass is 32.2. The van der Waals surface area contributed by atoms with Gasteiger partial charge in [0.2, 0.25) is 10.0 Å². The average Bonchev–Trinajstić information content (AvgIpc) is 3.22. The number of hydrogen-bond acceptors (Lipinski definition) is 5. The Morgan fingerprint density at radius 3 is 2.44 bits per heavy atom. The molecule has 27 heavy (non-hydrogen) atoms. The van der Waals surface area contributed by atoms with Gasteiger partial charge < -0.3 is 10.2 Å². The summed E-state index contributed by atoms with van der Waals surface area (Å²) >= 11 is 0. The quantitative estimate of drug-likeness (QED) is 0.713. The van der Waals surface area contributed by atoms with Gasteiger partial charge in [0.25, 0.3) is 5.91 Å². The van der Waals surface area contributed by atoms with E-state index in [1.54, 1.807) is 6.20 Å². The maximum absolute atomic E-state index is 12.4. The van der Waals surface area contributed by atoms with Crippen molar-refractivity contribution >= 4 is 27.4 Å². The number of benzene rings is 1. The number of rotatable bonds is 7. The number of carbonyl (C=O) groups is 1. The van der Waals surface area contributed by atoms with Crippen LogP contribution in [0.5, 0.6) is 0 Å². The van der Waals surface area contributed by atoms with Gasteiger partial charge in [-0.15, -0.1) is 6.58 Å². The normalized spacial score (nSPS) is 14.1. The Labute approximate surface area is 159 Å². The second-order valence-corrected chi connectivity index (χ2v) is 7.99. The molecule has 1 aromatic heterocycles. The molecule has 0 unspecified atom stereocenters. The van der Waals surface area contributed by atoms with Gasteiger partial charge in [-0.05, 0) is 49.2 Å². The van der Waals surface area contributed by atoms with Crippen molar-refractivity contribution in [2.24, 2.45) is 0 Å². The third-order valence-corrected chi connectivity index (χ3v) is 5.72. The number of carbonyl (C=O) groups excluding carboxylic acids is 1. The molecule has 2 heterocycles. The number of nitrogens with one attached hydrogen (secondary N) is 2. The second kappa shape index (κ2) is 8.32. The van der Waals surface area contributed by atoms with Gasteiger partial charge in [0.1, 0.15) is 5.82 Å². The molecule has 0 aliphatic carbocycles. The molecule has 2 aromatic rings. The molecule has 1 aromatic carbocycles. The molecule has 3 rings (SSSR count). The molecule has 1 aliphatic heterocycles. The summed E-state index contributed by atoms with van der Waals surface area (Å²) in [5, 5.41) is 2.77. The highest BCUT2D eigenvalue weighted by Gasteiger charge is 2.15. The predicted octanol–water partition coefficient (Wildman–Crippen LogP) is 2.40. The van der Waals surface area contributed by atoms with Gasteiger partial charge in [-0.3, -0.25) is 4.79 Å². The van der Waals surface area contributed by atoms with E-state index in [-0.39, 0.29) is 17.3 Å². The van der Waals surface area contributed by atoms with Crippen LogP contribution in [0.3, 0.4) is 0 Å². The molecule has 0 radical (unpaired) electrons. The van der Waals surface area contributed by atoms with E-state index >= 15 is 0 Å². The topological polar surface area (TPSA) is 91.4 Å². The zero-order valence-corrected chi connectivity index (χ0v) is 15.7. The third-order valence-electron chi connectivity index (χ3n) is 4.28. The Bertz CT molecular complexity index is 903. The molecule has 1 amide bonds. The molecule has 7 nitrogen and oxygen atoms in total. The number of aromatic nitrogens is 1. The first-order valence-electron chi connectivity index (χ1n) is 8.72. The fourth-order valence-corrected chi connectivity index (χ4v) is 3.83. The van der Waals surface area contributed by atoms with Crippen molar-refractivity contribution in [1.29, 1.82) is 0 Å². The predicted molar refractivity (Wildman–Crippen MR) is 105 cm³/mol. The van der Waals surface area contributed by atoms with Crippen LogP contribution in [0, 0.1) is 0 Å². The minimum Gasteiger partial charge on any atom is -0.357 e. The molecular formula is C19H22N4O3S. The maximum atomic E-state index is 12.4. The van der Waals surface area contributed by atoms with E-state index in [0.717, 1.165) is 18.9 Å². The molecule has 142 valence electrons. The Morgan fingerprint density at radius 1 is 1.15 bits per heavy atom. The van der Waals surface area contributed by atoms with E-state index in [1.165, 1.54) is 43.2 Å². The van der Waals surface area contributed by atoms with E-state index in [0.29, 0.717) is 11.3 Å². The zero-order chi connectivity index (χ0) is 19.3. The van der Waals surface area contributed by atoms with E-state index in [4.69, 9.17) is 0 Å². The van der Waals surface area contributed by atoms with Gasteiger partial charge in [-0.1, -0.05) is 6.08 Å². The van der Waals surface area contributed by atoms with E-state index in [2.05, 4.69) is 26.5 Å². The number of anilines is 2. The van der Waals surface area contributed by atoms with Crippen LogP contribution in [0.15, 0.2) is 60.1 Å². The van der Waals surface area contributed by atoms with Crippen molar-refractivity contribution in [2.75, 3.05) is 29.9 Å². The summed E-state index contributed by atoms with van der Waals surface area (Å²) in [5.41, 5.74) is 0.952. The summed E-state index contributed by atoms with van der Waals surface area (Å²) in [6.45, 7) is 5.64. The first-order chi connectivity index (χ1) is 13.0. The standard InChI is InChI=1S/C19H22N4O3S/c1-2-11-21-27(25,26)17-8-5-15(6-9-17)19(24)22-16-7-10-18(20-14-16)23-12-3-4-13-23/h2,5-10,14,21H,1,3-4,11-13H2,(H,22,24). The lowest BCUT2D eigenvalue weighted by Gasteiger charge is -2.16. The van der Waals surface area contributed by atoms with Gasteiger partial charge in [0.15, 0.2) is 0 Å². The third kappa shape index (κ3) is 4.72. The highest BCUT2D eigenvalue weighted by molar-refractivity contribution is 7.89. The summed E-state index contributed by atoms with van der Waals surface area (Å²) in [5.74, 6) is 0.584. The Hall–Kier alpha value is -2.71. The average molecular weight is 386 g/mol. The molecule has 1 saturated heterocycles. The second-order valence-electron chi connectivity index (χ2n) is 6.22. The zero-order valence-electron chi connectivity index (χ0n) is 14.9. The summed E-state index contributed by atoms with van der Waals surface area (Å²) in [6.07, 6.45) is 5.44. The van der Waals surface area contributed by atoms with Gasteiger partial charge in [-0.2, -0.15) is 0 Å². The van der Waals surface area contributed by atoms with Crippen molar-refractivity contribution in [3.05, 3.63) is 60.8 Å². The van der Waals surface area contributed by atoms with Gasteiger partial charge in [-0.25, -0.2) is 18.1 Å². The van der Waals surface area contributed by atoms with Crippen LogP contribution in [0.25, 0.3) is 0 Å². The Morgan fingerprint density at radius 2 is 1.85 bits per heavy atom. The van der Waals surface area contributed by atoms with Gasteiger partial charge in [0.05, 0.1) is 16.8 Å². The number of pyridine rings is 1. The first-order valence-corrected chi connectivity index (χ1v) is 10.2. The SMILES string of the molecule is C=CCNS(=O)(=O)c1ccc(C(=O)Nc2ccc(N3CCCC3)nc2)cc1. The fourth-order valence-electron chi connectivity index (χ4n) is 2.83. The first kappa shape index (κ1) is 19.1. The van der Waals surface area contributed by atoms with Crippen LogP contribution >= 0.6 is 0 Å². The summed E-state index contributed by atoms with van der Waals surface area (Å²) in [7, 11) is -3.60. The summed E-state index contributed by atoms with van der Waals surface area (Å²) in [6, 6.07) is 9.45. The van der Waals surface area contributed by atoms with E-state index in [1.807, 2.05) is 12.1 Å². The molecule has 0 spiro atoms. The van der Waals surface area contributed by atoms with Crippen LogP contribution < -0.4 is 14.9 Å². The minimum absolute atomic E-state index is 0.0949. The lowest BCUT2D eigenvalue weighted by molar-refractivity contribution is 0.102. The molecule has 1 aliphatic rings. The lowest BCUT2D eigenvalue weighted by Crippen LogP contribution is -2.23. The van der Waals surface area contributed by atoms with E-state index in [9.17, 15) is 13.2 Å². The molecule has 0 atom stereocenters. The maximum Gasteiger partial charge on any atom is 0.255 e. The summed E-state index contributed by atoms with van der Waals surface area (Å²) < 4.78 is 26.4. The lowest BCUT2D eigenvalue weighted by atomic mass is 10.2. The molecule has 0 saturated carbocycles. The van der Waals surface area contributed by atoms with Crippen LogP contribution in [0.2, 0.25) is 0 Å². The van der Waals surface area contributed by atoms with Crippen molar-refractivity contribution in [3.63, 3.8) is 0 Å². The van der Waals surface area contributed by atoms with Crippen molar-refractivity contribution in [2.45, 2.75) is 17.7 Å². The number of sulfonamides is 1. The molecule has 2 N–H and O–H groups in total. The van der Waals surface area contributed by atoms with Gasteiger partial charge in [0, 0.05) is 25.2 Å². The monoisotopic (exact) mass is 386 g/mol. The highest BCUT2D eigenvalue weighted by Crippen LogP contribution is 2.19. The number of amides is 1. The fraction of sp³-hybridized carbons (Fsp3) is 0.263. The molecular weight excluding hydrogens is 364 g/mol. The van der Waals surface area contributed by atoms with Crippen molar-refractivity contribution in [3.8, 4) is 0 Å². The largest absolute Gasteiger partial charge is 0.357 e. The van der Waals surface area contributed by atoms with Gasteiger partial charge >= 0.3 is 0 Å². The summed E-state index contributed by atoms with van der Waals surface area (Å²) in [4.78, 5) is 19.1. The molecule has 0 bridgehead atoms. The smallest absolute Gasteiger partial charge is 0.255 e. The van der Waals surface area contributed by atoms with Crippen molar-refractivity contribution < 1.29 is 13.2 Å². The molecule has 1 fully saturated rings. The number of nitrogens with zero attached hydrogens (tertiary/aromatic N) is 2.